The molecule has 0 bridgehead atoms. The highest BCUT2D eigenvalue weighted by molar-refractivity contribution is 5.86. The highest BCUT2D eigenvalue weighted by Gasteiger charge is 2.01. The van der Waals surface area contributed by atoms with Crippen molar-refractivity contribution in [3.05, 3.63) is 24.8 Å². The number of carbonyl (C=O) groups is 1. The van der Waals surface area contributed by atoms with E-state index in [1.807, 2.05) is 0 Å². The van der Waals surface area contributed by atoms with Gasteiger partial charge < -0.3 is 37.9 Å². The second-order valence-electron chi connectivity index (χ2n) is 5.95. The molecule has 0 fully saturated rings. The van der Waals surface area contributed by atoms with Gasteiger partial charge in [-0.15, -0.1) is 6.58 Å². The topological polar surface area (TPSA) is 90.9 Å². The van der Waals surface area contributed by atoms with Gasteiger partial charge in [0.2, 0.25) is 0 Å². The first-order valence-electron chi connectivity index (χ1n) is 10.2. The van der Waals surface area contributed by atoms with E-state index in [0.29, 0.717) is 98.1 Å². The maximum absolute atomic E-state index is 11.1. The van der Waals surface area contributed by atoms with Crippen LogP contribution in [0.5, 0.6) is 0 Å². The molecule has 0 atom stereocenters. The van der Waals surface area contributed by atoms with Crippen LogP contribution in [0.4, 0.5) is 0 Å². The molecular formula is C21H38O9. The fourth-order valence-corrected chi connectivity index (χ4v) is 1.80. The van der Waals surface area contributed by atoms with Crippen molar-refractivity contribution < 1.29 is 42.7 Å². The Morgan fingerprint density at radius 3 is 1.20 bits per heavy atom. The molecule has 176 valence electrons. The van der Waals surface area contributed by atoms with Crippen molar-refractivity contribution in [2.75, 3.05) is 99.1 Å². The summed E-state index contributed by atoms with van der Waals surface area (Å²) in [6, 6.07) is 0. The van der Waals surface area contributed by atoms with E-state index in [1.165, 1.54) is 0 Å². The molecule has 0 unspecified atom stereocenters. The Bertz CT molecular complexity index is 415. The minimum absolute atomic E-state index is 0.208. The fraction of sp³-hybridized carbons (Fsp3) is 0.762. The normalized spacial score (nSPS) is 10.8. The SMILES string of the molecule is C=CCOCCOCCOCCOCCOCCOCCOCCOC(=O)C(=C)C. The lowest BCUT2D eigenvalue weighted by molar-refractivity contribution is -0.140. The Morgan fingerprint density at radius 1 is 0.600 bits per heavy atom. The van der Waals surface area contributed by atoms with Crippen LogP contribution in [0.15, 0.2) is 24.8 Å². The van der Waals surface area contributed by atoms with Gasteiger partial charge in [-0.2, -0.15) is 0 Å². The average Bonchev–Trinajstić information content (AvgIpc) is 2.74. The van der Waals surface area contributed by atoms with Gasteiger partial charge in [-0.05, 0) is 6.92 Å². The summed E-state index contributed by atoms with van der Waals surface area (Å²) in [4.78, 5) is 11.1. The first-order chi connectivity index (χ1) is 14.7. The molecular weight excluding hydrogens is 396 g/mol. The van der Waals surface area contributed by atoms with E-state index in [0.717, 1.165) is 0 Å². The van der Waals surface area contributed by atoms with Gasteiger partial charge in [0.05, 0.1) is 92.5 Å². The molecule has 0 rings (SSSR count). The summed E-state index contributed by atoms with van der Waals surface area (Å²) in [6.07, 6.45) is 1.70. The number of esters is 1. The molecule has 9 nitrogen and oxygen atoms in total. The molecule has 0 radical (unpaired) electrons. The minimum Gasteiger partial charge on any atom is -0.460 e. The molecule has 0 aliphatic rings. The third-order valence-electron chi connectivity index (χ3n) is 3.28. The molecule has 0 aliphatic heterocycles. The zero-order valence-electron chi connectivity index (χ0n) is 18.3. The maximum atomic E-state index is 11.1. The Hall–Kier alpha value is -1.33. The van der Waals surface area contributed by atoms with Crippen molar-refractivity contribution in [1.29, 1.82) is 0 Å². The van der Waals surface area contributed by atoms with E-state index in [-0.39, 0.29) is 6.61 Å². The van der Waals surface area contributed by atoms with Crippen LogP contribution < -0.4 is 0 Å². The van der Waals surface area contributed by atoms with Gasteiger partial charge in [-0.25, -0.2) is 4.79 Å². The van der Waals surface area contributed by atoms with Gasteiger partial charge in [0.1, 0.15) is 6.61 Å². The summed E-state index contributed by atoms with van der Waals surface area (Å²) in [5, 5.41) is 0. The quantitative estimate of drug-likeness (QED) is 0.0968. The molecule has 0 saturated heterocycles. The lowest BCUT2D eigenvalue weighted by Crippen LogP contribution is -2.15. The van der Waals surface area contributed by atoms with Crippen molar-refractivity contribution in [1.82, 2.24) is 0 Å². The Balaban J connectivity index is 3.06. The van der Waals surface area contributed by atoms with Crippen molar-refractivity contribution in [3.63, 3.8) is 0 Å². The van der Waals surface area contributed by atoms with E-state index in [4.69, 9.17) is 37.9 Å². The molecule has 9 heteroatoms. The van der Waals surface area contributed by atoms with Gasteiger partial charge in [0.15, 0.2) is 0 Å². The monoisotopic (exact) mass is 434 g/mol. The number of carbonyl (C=O) groups excluding carboxylic acids is 1. The molecule has 0 saturated carbocycles. The summed E-state index contributed by atoms with van der Waals surface area (Å²) in [7, 11) is 0. The second-order valence-corrected chi connectivity index (χ2v) is 5.95. The van der Waals surface area contributed by atoms with E-state index in [2.05, 4.69) is 13.2 Å². The number of rotatable bonds is 24. The maximum Gasteiger partial charge on any atom is 0.333 e. The highest BCUT2D eigenvalue weighted by Crippen LogP contribution is 1.91. The molecule has 30 heavy (non-hydrogen) atoms. The van der Waals surface area contributed by atoms with E-state index in [1.54, 1.807) is 13.0 Å². The van der Waals surface area contributed by atoms with Crippen LogP contribution in [0, 0.1) is 0 Å². The molecule has 0 amide bonds. The Morgan fingerprint density at radius 2 is 0.900 bits per heavy atom. The summed E-state index contributed by atoms with van der Waals surface area (Å²) < 4.78 is 42.2. The lowest BCUT2D eigenvalue weighted by atomic mass is 10.4. The van der Waals surface area contributed by atoms with E-state index in [9.17, 15) is 4.79 Å². The number of ether oxygens (including phenoxy) is 8. The molecule has 0 aliphatic carbocycles. The molecule has 0 aromatic carbocycles. The molecule has 0 aromatic heterocycles. The van der Waals surface area contributed by atoms with Crippen LogP contribution in [0.2, 0.25) is 0 Å². The fourth-order valence-electron chi connectivity index (χ4n) is 1.80. The Labute approximate surface area is 180 Å². The van der Waals surface area contributed by atoms with Crippen LogP contribution in [0.25, 0.3) is 0 Å². The largest absolute Gasteiger partial charge is 0.460 e. The number of hydrogen-bond acceptors (Lipinski definition) is 9. The molecule has 0 spiro atoms. The summed E-state index contributed by atoms with van der Waals surface area (Å²) in [6.45, 7) is 15.8. The lowest BCUT2D eigenvalue weighted by Gasteiger charge is -2.08. The van der Waals surface area contributed by atoms with Crippen LogP contribution >= 0.6 is 0 Å². The van der Waals surface area contributed by atoms with Gasteiger partial charge in [-0.3, -0.25) is 0 Å². The van der Waals surface area contributed by atoms with Gasteiger partial charge in [-0.1, -0.05) is 12.7 Å². The van der Waals surface area contributed by atoms with Crippen LogP contribution in [0.3, 0.4) is 0 Å². The van der Waals surface area contributed by atoms with Crippen molar-refractivity contribution in [2.24, 2.45) is 0 Å². The molecule has 0 heterocycles. The Kier molecular flexibility index (Phi) is 22.9. The van der Waals surface area contributed by atoms with Crippen molar-refractivity contribution >= 4 is 5.97 Å². The first-order valence-corrected chi connectivity index (χ1v) is 10.2. The van der Waals surface area contributed by atoms with E-state index >= 15 is 0 Å². The standard InChI is InChI=1S/C21H38O9/c1-4-5-23-6-7-24-8-9-25-10-11-26-12-13-27-14-15-28-16-17-29-18-19-30-21(22)20(2)3/h4H,1-2,5-19H2,3H3. The molecule has 0 aromatic rings. The smallest absolute Gasteiger partial charge is 0.333 e. The number of hydrogen-bond donors (Lipinski definition) is 0. The third-order valence-corrected chi connectivity index (χ3v) is 3.28. The van der Waals surface area contributed by atoms with E-state index < -0.39 is 5.97 Å². The van der Waals surface area contributed by atoms with Crippen molar-refractivity contribution in [2.45, 2.75) is 6.92 Å². The van der Waals surface area contributed by atoms with Gasteiger partial charge >= 0.3 is 5.97 Å². The van der Waals surface area contributed by atoms with Crippen LogP contribution in [0.1, 0.15) is 6.92 Å². The summed E-state index contributed by atoms with van der Waals surface area (Å²) in [5.74, 6) is -0.407. The highest BCUT2D eigenvalue weighted by atomic mass is 16.6. The third kappa shape index (κ3) is 23.0. The second kappa shape index (κ2) is 23.9. The predicted molar refractivity (Wildman–Crippen MR) is 112 cm³/mol. The zero-order chi connectivity index (χ0) is 22.1. The minimum atomic E-state index is -0.407. The predicted octanol–water partition coefficient (Wildman–Crippen LogP) is 1.41. The van der Waals surface area contributed by atoms with Gasteiger partial charge in [0.25, 0.3) is 0 Å². The summed E-state index contributed by atoms with van der Waals surface area (Å²) >= 11 is 0. The van der Waals surface area contributed by atoms with Crippen LogP contribution in [-0.2, 0) is 42.7 Å². The van der Waals surface area contributed by atoms with Crippen LogP contribution in [-0.4, -0.2) is 105 Å². The molecule has 0 N–H and O–H groups in total. The first kappa shape index (κ1) is 28.7. The van der Waals surface area contributed by atoms with Crippen molar-refractivity contribution in [3.8, 4) is 0 Å². The summed E-state index contributed by atoms with van der Waals surface area (Å²) in [5.41, 5.74) is 0.375. The average molecular weight is 435 g/mol. The van der Waals surface area contributed by atoms with Gasteiger partial charge in [0, 0.05) is 5.57 Å². The zero-order valence-corrected chi connectivity index (χ0v) is 18.3.